The molecule has 2 fully saturated rings. The van der Waals surface area contributed by atoms with E-state index in [1.807, 2.05) is 0 Å². The van der Waals surface area contributed by atoms with Crippen LogP contribution in [0, 0.1) is 25.7 Å². The number of hydrogen-bond donors (Lipinski definition) is 0. The van der Waals surface area contributed by atoms with E-state index >= 15 is 0 Å². The summed E-state index contributed by atoms with van der Waals surface area (Å²) in [5.41, 5.74) is 2.49. The maximum absolute atomic E-state index is 4.72. The second-order valence-electron chi connectivity index (χ2n) is 11.6. The summed E-state index contributed by atoms with van der Waals surface area (Å²) in [6.45, 7) is 18.8. The van der Waals surface area contributed by atoms with Crippen molar-refractivity contribution < 1.29 is 0 Å². The smallest absolute Gasteiger partial charge is 0.153 e. The van der Waals surface area contributed by atoms with Crippen LogP contribution in [0.5, 0.6) is 0 Å². The van der Waals surface area contributed by atoms with Gasteiger partial charge in [0, 0.05) is 49.4 Å². The van der Waals surface area contributed by atoms with E-state index in [1.165, 1.54) is 50.2 Å². The molecule has 2 saturated heterocycles. The zero-order valence-corrected chi connectivity index (χ0v) is 22.6. The number of hydrogen-bond acceptors (Lipinski definition) is 4. The van der Waals surface area contributed by atoms with Gasteiger partial charge in [0.25, 0.3) is 0 Å². The zero-order chi connectivity index (χ0) is 24.2. The van der Waals surface area contributed by atoms with E-state index in [2.05, 4.69) is 72.8 Å². The molecule has 0 bridgehead atoms. The van der Waals surface area contributed by atoms with Crippen LogP contribution in [0.4, 0.5) is 0 Å². The third kappa shape index (κ3) is 5.93. The van der Waals surface area contributed by atoms with Gasteiger partial charge in [0.05, 0.1) is 0 Å². The van der Waals surface area contributed by atoms with Crippen molar-refractivity contribution in [1.82, 2.24) is 29.3 Å². The third-order valence-corrected chi connectivity index (χ3v) is 8.22. The van der Waals surface area contributed by atoms with Crippen LogP contribution in [-0.4, -0.2) is 67.6 Å². The van der Waals surface area contributed by atoms with Crippen LogP contribution in [0.1, 0.15) is 89.3 Å². The van der Waals surface area contributed by atoms with Gasteiger partial charge in [-0.05, 0) is 96.9 Å². The molecule has 0 amide bonds. The van der Waals surface area contributed by atoms with Gasteiger partial charge in [-0.3, -0.25) is 9.58 Å². The molecule has 2 aromatic heterocycles. The Morgan fingerprint density at radius 3 is 1.85 bits per heavy atom. The first-order valence-electron chi connectivity index (χ1n) is 13.9. The van der Waals surface area contributed by atoms with Crippen LogP contribution in [0.3, 0.4) is 0 Å². The highest BCUT2D eigenvalue weighted by atomic mass is 15.5. The van der Waals surface area contributed by atoms with Crippen molar-refractivity contribution >= 4 is 0 Å². The second kappa shape index (κ2) is 11.4. The third-order valence-electron chi connectivity index (χ3n) is 8.22. The molecule has 34 heavy (non-hydrogen) atoms. The average molecular weight is 469 g/mol. The summed E-state index contributed by atoms with van der Waals surface area (Å²) < 4.78 is 4.65. The summed E-state index contributed by atoms with van der Waals surface area (Å²) in [6.07, 6.45) is 9.63. The Bertz CT molecular complexity index is 875. The van der Waals surface area contributed by atoms with Crippen molar-refractivity contribution in [2.45, 2.75) is 105 Å². The number of aromatic nitrogens is 4. The molecule has 0 aliphatic carbocycles. The number of piperidine rings is 2. The van der Waals surface area contributed by atoms with Crippen molar-refractivity contribution in [3.63, 3.8) is 0 Å². The van der Waals surface area contributed by atoms with Gasteiger partial charge < -0.3 is 4.90 Å². The standard InChI is InChI=1S/C28H48N6/c1-21-18-22(2)20-31(19-21)16-8-12-27-29-30-28(34(27)33-25(5)14-15-26(33)6)13-9-17-32-23(3)10-7-11-24(32)4/h14-15,21-24H,7-13,16-20H2,1-6H3. The van der Waals surface area contributed by atoms with E-state index in [0.717, 1.165) is 62.3 Å². The molecule has 0 N–H and O–H groups in total. The van der Waals surface area contributed by atoms with Crippen molar-refractivity contribution in [1.29, 1.82) is 0 Å². The van der Waals surface area contributed by atoms with Crippen molar-refractivity contribution in [3.8, 4) is 0 Å². The molecule has 4 unspecified atom stereocenters. The molecule has 2 aliphatic heterocycles. The fourth-order valence-corrected chi connectivity index (χ4v) is 6.64. The monoisotopic (exact) mass is 468 g/mol. The number of likely N-dealkylation sites (tertiary alicyclic amines) is 2. The molecule has 0 aromatic carbocycles. The lowest BCUT2D eigenvalue weighted by molar-refractivity contribution is 0.102. The van der Waals surface area contributed by atoms with E-state index in [-0.39, 0.29) is 0 Å². The Morgan fingerprint density at radius 2 is 1.29 bits per heavy atom. The van der Waals surface area contributed by atoms with Gasteiger partial charge in [-0.25, -0.2) is 4.68 Å². The van der Waals surface area contributed by atoms with E-state index in [9.17, 15) is 0 Å². The maximum Gasteiger partial charge on any atom is 0.153 e. The molecule has 6 nitrogen and oxygen atoms in total. The Labute approximate surface area is 207 Å². The molecule has 0 spiro atoms. The largest absolute Gasteiger partial charge is 0.303 e. The van der Waals surface area contributed by atoms with Crippen LogP contribution in [0.25, 0.3) is 0 Å². The highest BCUT2D eigenvalue weighted by molar-refractivity contribution is 5.16. The van der Waals surface area contributed by atoms with Crippen LogP contribution in [-0.2, 0) is 12.8 Å². The van der Waals surface area contributed by atoms with E-state index in [0.29, 0.717) is 12.1 Å². The average Bonchev–Trinajstić information content (AvgIpc) is 3.31. The molecule has 2 aromatic rings. The lowest BCUT2D eigenvalue weighted by atomic mass is 9.92. The number of rotatable bonds is 9. The molecular weight excluding hydrogens is 420 g/mol. The predicted octanol–water partition coefficient (Wildman–Crippen LogP) is 5.11. The topological polar surface area (TPSA) is 42.1 Å². The minimum Gasteiger partial charge on any atom is -0.303 e. The normalized spacial score (nSPS) is 26.9. The molecular formula is C28H48N6. The van der Waals surface area contributed by atoms with Crippen molar-refractivity contribution in [2.24, 2.45) is 11.8 Å². The minimum atomic E-state index is 0.700. The number of nitrogens with zero attached hydrogens (tertiary/aromatic N) is 6. The predicted molar refractivity (Wildman–Crippen MR) is 140 cm³/mol. The molecule has 4 atom stereocenters. The Balaban J connectivity index is 1.43. The van der Waals surface area contributed by atoms with Crippen LogP contribution < -0.4 is 0 Å². The molecule has 0 saturated carbocycles. The Kier molecular flexibility index (Phi) is 8.52. The molecule has 4 heterocycles. The second-order valence-corrected chi connectivity index (χ2v) is 11.6. The maximum atomic E-state index is 4.72. The molecule has 0 radical (unpaired) electrons. The fraction of sp³-hybridized carbons (Fsp3) is 0.786. The highest BCUT2D eigenvalue weighted by Gasteiger charge is 2.25. The van der Waals surface area contributed by atoms with E-state index in [4.69, 9.17) is 10.2 Å². The van der Waals surface area contributed by atoms with Crippen molar-refractivity contribution in [2.75, 3.05) is 26.2 Å². The summed E-state index contributed by atoms with van der Waals surface area (Å²) in [5, 5.41) is 9.45. The summed E-state index contributed by atoms with van der Waals surface area (Å²) in [6, 6.07) is 5.81. The lowest BCUT2D eigenvalue weighted by Gasteiger charge is -2.39. The van der Waals surface area contributed by atoms with E-state index < -0.39 is 0 Å². The van der Waals surface area contributed by atoms with Gasteiger partial charge in [0.1, 0.15) is 0 Å². The number of aryl methyl sites for hydroxylation is 4. The van der Waals surface area contributed by atoms with Crippen LogP contribution >= 0.6 is 0 Å². The summed E-state index contributed by atoms with van der Waals surface area (Å²) in [7, 11) is 0. The molecule has 6 heteroatoms. The van der Waals surface area contributed by atoms with Gasteiger partial charge in [-0.2, -0.15) is 0 Å². The van der Waals surface area contributed by atoms with Gasteiger partial charge in [-0.1, -0.05) is 20.3 Å². The summed E-state index contributed by atoms with van der Waals surface area (Å²) >= 11 is 0. The van der Waals surface area contributed by atoms with Gasteiger partial charge in [0.15, 0.2) is 11.6 Å². The fourth-order valence-electron chi connectivity index (χ4n) is 6.64. The van der Waals surface area contributed by atoms with E-state index in [1.54, 1.807) is 0 Å². The van der Waals surface area contributed by atoms with Gasteiger partial charge in [-0.15, -0.1) is 10.2 Å². The first-order chi connectivity index (χ1) is 16.3. The lowest BCUT2D eigenvalue weighted by Crippen LogP contribution is -2.44. The SMILES string of the molecule is Cc1ccc(C)n1-n1c(CCCN2CC(C)CC(C)C2)nnc1CCCN1C(C)CCCC1C. The Morgan fingerprint density at radius 1 is 0.765 bits per heavy atom. The van der Waals surface area contributed by atoms with Crippen LogP contribution in [0.15, 0.2) is 12.1 Å². The summed E-state index contributed by atoms with van der Waals surface area (Å²) in [5.74, 6) is 3.84. The van der Waals surface area contributed by atoms with Gasteiger partial charge in [0.2, 0.25) is 0 Å². The Hall–Kier alpha value is -1.66. The summed E-state index contributed by atoms with van der Waals surface area (Å²) in [4.78, 5) is 5.37. The first-order valence-corrected chi connectivity index (χ1v) is 13.9. The molecule has 2 aliphatic rings. The molecule has 4 rings (SSSR count). The molecule has 190 valence electrons. The zero-order valence-electron chi connectivity index (χ0n) is 22.6. The van der Waals surface area contributed by atoms with Crippen LogP contribution in [0.2, 0.25) is 0 Å². The van der Waals surface area contributed by atoms with Crippen molar-refractivity contribution in [3.05, 3.63) is 35.2 Å². The first kappa shape index (κ1) is 25.4. The highest BCUT2D eigenvalue weighted by Crippen LogP contribution is 2.24. The minimum absolute atomic E-state index is 0.700. The van der Waals surface area contributed by atoms with Gasteiger partial charge >= 0.3 is 0 Å². The quantitative estimate of drug-likeness (QED) is 0.513.